The highest BCUT2D eigenvalue weighted by molar-refractivity contribution is 7.99. The van der Waals surface area contributed by atoms with Crippen molar-refractivity contribution in [1.82, 2.24) is 5.32 Å². The second-order valence-corrected chi connectivity index (χ2v) is 6.25. The molecule has 0 amide bonds. The zero-order chi connectivity index (χ0) is 11.4. The molecule has 3 atom stereocenters. The van der Waals surface area contributed by atoms with Gasteiger partial charge in [-0.05, 0) is 19.1 Å². The third-order valence-corrected chi connectivity index (χ3v) is 4.63. The Morgan fingerprint density at radius 3 is 3.06 bits per heavy atom. The van der Waals surface area contributed by atoms with Crippen LogP contribution in [0.3, 0.4) is 0 Å². The van der Waals surface area contributed by atoms with Gasteiger partial charge in [0.15, 0.2) is 0 Å². The first kappa shape index (κ1) is 12.7. The highest BCUT2D eigenvalue weighted by Gasteiger charge is 2.40. The molecule has 0 bridgehead atoms. The quantitative estimate of drug-likeness (QED) is 0.816. The molecule has 0 aromatic rings. The summed E-state index contributed by atoms with van der Waals surface area (Å²) in [6.45, 7) is 5.92. The highest BCUT2D eigenvalue weighted by atomic mass is 32.2. The molecule has 0 aromatic carbocycles. The Morgan fingerprint density at radius 1 is 1.50 bits per heavy atom. The second kappa shape index (κ2) is 5.71. The number of rotatable bonds is 4. The van der Waals surface area contributed by atoms with Crippen molar-refractivity contribution in [3.8, 4) is 0 Å². The first-order valence-electron chi connectivity index (χ1n) is 6.22. The SMILES string of the molecule is CSC(C)CNC1CCOC2(CCOC2)C1. The number of hydrogen-bond donors (Lipinski definition) is 1. The van der Waals surface area contributed by atoms with Crippen LogP contribution in [0, 0.1) is 0 Å². The molecule has 1 N–H and O–H groups in total. The molecule has 2 fully saturated rings. The lowest BCUT2D eigenvalue weighted by molar-refractivity contribution is -0.0891. The Balaban J connectivity index is 1.78. The van der Waals surface area contributed by atoms with E-state index in [1.807, 2.05) is 11.8 Å². The van der Waals surface area contributed by atoms with E-state index in [9.17, 15) is 0 Å². The molecule has 2 rings (SSSR count). The van der Waals surface area contributed by atoms with Gasteiger partial charge in [0.1, 0.15) is 0 Å². The minimum atomic E-state index is 0.0402. The van der Waals surface area contributed by atoms with Gasteiger partial charge in [0.25, 0.3) is 0 Å². The van der Waals surface area contributed by atoms with Gasteiger partial charge in [0, 0.05) is 37.5 Å². The molecule has 0 radical (unpaired) electrons. The average Bonchev–Trinajstić information content (AvgIpc) is 2.74. The van der Waals surface area contributed by atoms with Crippen molar-refractivity contribution in [3.05, 3.63) is 0 Å². The first-order chi connectivity index (χ1) is 7.74. The van der Waals surface area contributed by atoms with E-state index >= 15 is 0 Å². The summed E-state index contributed by atoms with van der Waals surface area (Å²) in [5, 5.41) is 4.36. The largest absolute Gasteiger partial charge is 0.378 e. The van der Waals surface area contributed by atoms with E-state index in [0.717, 1.165) is 45.6 Å². The summed E-state index contributed by atoms with van der Waals surface area (Å²) in [5.41, 5.74) is 0.0402. The third-order valence-electron chi connectivity index (χ3n) is 3.66. The lowest BCUT2D eigenvalue weighted by Gasteiger charge is -2.37. The van der Waals surface area contributed by atoms with Crippen molar-refractivity contribution in [2.45, 2.75) is 43.1 Å². The highest BCUT2D eigenvalue weighted by Crippen LogP contribution is 2.32. The summed E-state index contributed by atoms with van der Waals surface area (Å²) in [6.07, 6.45) is 5.50. The minimum Gasteiger partial charge on any atom is -0.378 e. The van der Waals surface area contributed by atoms with Crippen molar-refractivity contribution in [2.24, 2.45) is 0 Å². The fraction of sp³-hybridized carbons (Fsp3) is 1.00. The predicted molar refractivity (Wildman–Crippen MR) is 68.1 cm³/mol. The maximum absolute atomic E-state index is 5.92. The fourth-order valence-corrected chi connectivity index (χ4v) is 2.74. The van der Waals surface area contributed by atoms with E-state index < -0.39 is 0 Å². The van der Waals surface area contributed by atoms with Crippen LogP contribution in [0.5, 0.6) is 0 Å². The lowest BCUT2D eigenvalue weighted by Crippen LogP contribution is -2.48. The van der Waals surface area contributed by atoms with Crippen molar-refractivity contribution in [2.75, 3.05) is 32.6 Å². The fourth-order valence-electron chi connectivity index (χ4n) is 2.48. The number of ether oxygens (including phenoxy) is 2. The molecule has 16 heavy (non-hydrogen) atoms. The van der Waals surface area contributed by atoms with Gasteiger partial charge in [-0.2, -0.15) is 11.8 Å². The van der Waals surface area contributed by atoms with E-state index in [1.165, 1.54) is 0 Å². The minimum absolute atomic E-state index is 0.0402. The van der Waals surface area contributed by atoms with Crippen LogP contribution in [-0.4, -0.2) is 49.5 Å². The zero-order valence-corrected chi connectivity index (χ0v) is 11.1. The lowest BCUT2D eigenvalue weighted by atomic mass is 9.89. The molecule has 3 unspecified atom stereocenters. The number of nitrogens with one attached hydrogen (secondary N) is 1. The van der Waals surface area contributed by atoms with E-state index in [2.05, 4.69) is 18.5 Å². The molecule has 2 aliphatic heterocycles. The van der Waals surface area contributed by atoms with Gasteiger partial charge < -0.3 is 14.8 Å². The smallest absolute Gasteiger partial charge is 0.0951 e. The maximum Gasteiger partial charge on any atom is 0.0951 e. The van der Waals surface area contributed by atoms with Crippen LogP contribution in [0.25, 0.3) is 0 Å². The molecular formula is C12H23NO2S. The third kappa shape index (κ3) is 3.13. The van der Waals surface area contributed by atoms with Crippen molar-refractivity contribution in [3.63, 3.8) is 0 Å². The molecule has 0 saturated carbocycles. The van der Waals surface area contributed by atoms with Crippen LogP contribution in [0.2, 0.25) is 0 Å². The summed E-state index contributed by atoms with van der Waals surface area (Å²) in [7, 11) is 0. The molecule has 2 aliphatic rings. The van der Waals surface area contributed by atoms with Crippen LogP contribution in [0.4, 0.5) is 0 Å². The van der Waals surface area contributed by atoms with E-state index in [-0.39, 0.29) is 5.60 Å². The van der Waals surface area contributed by atoms with Crippen molar-refractivity contribution < 1.29 is 9.47 Å². The van der Waals surface area contributed by atoms with Gasteiger partial charge in [-0.15, -0.1) is 0 Å². The number of hydrogen-bond acceptors (Lipinski definition) is 4. The van der Waals surface area contributed by atoms with Crippen LogP contribution < -0.4 is 5.32 Å². The van der Waals surface area contributed by atoms with Gasteiger partial charge in [0.2, 0.25) is 0 Å². The van der Waals surface area contributed by atoms with Crippen LogP contribution in [0.1, 0.15) is 26.2 Å². The molecule has 2 heterocycles. The van der Waals surface area contributed by atoms with Crippen LogP contribution in [-0.2, 0) is 9.47 Å². The van der Waals surface area contributed by atoms with Crippen LogP contribution in [0.15, 0.2) is 0 Å². The predicted octanol–water partition coefficient (Wildman–Crippen LogP) is 1.67. The second-order valence-electron chi connectivity index (χ2n) is 4.98. The molecule has 0 aromatic heterocycles. The Morgan fingerprint density at radius 2 is 2.38 bits per heavy atom. The van der Waals surface area contributed by atoms with Crippen molar-refractivity contribution in [1.29, 1.82) is 0 Å². The summed E-state index contributed by atoms with van der Waals surface area (Å²) < 4.78 is 11.4. The number of thioether (sulfide) groups is 1. The Kier molecular flexibility index (Phi) is 4.53. The molecule has 1 spiro atoms. The maximum atomic E-state index is 5.92. The normalized spacial score (nSPS) is 36.8. The van der Waals surface area contributed by atoms with Gasteiger partial charge in [-0.1, -0.05) is 6.92 Å². The molecule has 0 aliphatic carbocycles. The van der Waals surface area contributed by atoms with Crippen molar-refractivity contribution >= 4 is 11.8 Å². The first-order valence-corrected chi connectivity index (χ1v) is 7.51. The monoisotopic (exact) mass is 245 g/mol. The van der Waals surface area contributed by atoms with Gasteiger partial charge in [0.05, 0.1) is 12.2 Å². The van der Waals surface area contributed by atoms with Gasteiger partial charge >= 0.3 is 0 Å². The Hall–Kier alpha value is 0.230. The zero-order valence-electron chi connectivity index (χ0n) is 10.3. The Bertz CT molecular complexity index is 219. The van der Waals surface area contributed by atoms with Gasteiger partial charge in [-0.3, -0.25) is 0 Å². The Labute approximate surface area is 103 Å². The molecule has 3 nitrogen and oxygen atoms in total. The summed E-state index contributed by atoms with van der Waals surface area (Å²) in [4.78, 5) is 0. The molecule has 94 valence electrons. The molecular weight excluding hydrogens is 222 g/mol. The van der Waals surface area contributed by atoms with E-state index in [1.54, 1.807) is 0 Å². The summed E-state index contributed by atoms with van der Waals surface area (Å²) >= 11 is 1.92. The molecule has 2 saturated heterocycles. The summed E-state index contributed by atoms with van der Waals surface area (Å²) in [6, 6.07) is 0.616. The van der Waals surface area contributed by atoms with Gasteiger partial charge in [-0.25, -0.2) is 0 Å². The molecule has 4 heteroatoms. The average molecular weight is 245 g/mol. The van der Waals surface area contributed by atoms with E-state index in [4.69, 9.17) is 9.47 Å². The topological polar surface area (TPSA) is 30.5 Å². The standard InChI is InChI=1S/C12H23NO2S/c1-10(16-2)8-13-11-3-5-15-12(7-11)4-6-14-9-12/h10-11,13H,3-9H2,1-2H3. The summed E-state index contributed by atoms with van der Waals surface area (Å²) in [5.74, 6) is 0. The van der Waals surface area contributed by atoms with E-state index in [0.29, 0.717) is 11.3 Å². The van der Waals surface area contributed by atoms with Crippen LogP contribution >= 0.6 is 11.8 Å².